The largest absolute Gasteiger partial charge is 0.378 e. The van der Waals surface area contributed by atoms with Crippen molar-refractivity contribution in [3.05, 3.63) is 24.0 Å². The molecule has 2 rings (SSSR count). The highest BCUT2D eigenvalue weighted by Gasteiger charge is 2.33. The Kier molecular flexibility index (Phi) is 3.67. The van der Waals surface area contributed by atoms with Gasteiger partial charge in [0.2, 0.25) is 0 Å². The van der Waals surface area contributed by atoms with Crippen molar-refractivity contribution in [2.75, 3.05) is 11.9 Å². The second-order valence-electron chi connectivity index (χ2n) is 5.50. The SMILES string of the molecule is Cc1cc(NC2(CN)CCCC(C)C2)ccn1. The van der Waals surface area contributed by atoms with Crippen molar-refractivity contribution in [3.8, 4) is 0 Å². The highest BCUT2D eigenvalue weighted by Crippen LogP contribution is 2.34. The molecule has 1 fully saturated rings. The van der Waals surface area contributed by atoms with Crippen LogP contribution in [0.2, 0.25) is 0 Å². The molecule has 1 aliphatic carbocycles. The number of pyridine rings is 1. The zero-order valence-electron chi connectivity index (χ0n) is 10.9. The molecule has 3 nitrogen and oxygen atoms in total. The van der Waals surface area contributed by atoms with E-state index in [4.69, 9.17) is 5.73 Å². The van der Waals surface area contributed by atoms with Gasteiger partial charge in [0, 0.05) is 29.7 Å². The molecule has 0 amide bonds. The molecule has 2 unspecified atom stereocenters. The number of aromatic nitrogens is 1. The van der Waals surface area contributed by atoms with Crippen LogP contribution >= 0.6 is 0 Å². The average Bonchev–Trinajstić information content (AvgIpc) is 2.29. The lowest BCUT2D eigenvalue weighted by Crippen LogP contribution is -2.48. The molecular weight excluding hydrogens is 210 g/mol. The molecule has 0 radical (unpaired) electrons. The molecule has 3 N–H and O–H groups in total. The Morgan fingerprint density at radius 2 is 2.41 bits per heavy atom. The second-order valence-corrected chi connectivity index (χ2v) is 5.50. The molecule has 0 aromatic carbocycles. The van der Waals surface area contributed by atoms with Crippen LogP contribution in [0.4, 0.5) is 5.69 Å². The predicted molar refractivity (Wildman–Crippen MR) is 72.0 cm³/mol. The van der Waals surface area contributed by atoms with Crippen LogP contribution in [0.25, 0.3) is 0 Å². The van der Waals surface area contributed by atoms with Gasteiger partial charge in [0.25, 0.3) is 0 Å². The zero-order valence-corrected chi connectivity index (χ0v) is 10.9. The van der Waals surface area contributed by atoms with Crippen LogP contribution in [-0.2, 0) is 0 Å². The number of rotatable bonds is 3. The predicted octanol–water partition coefficient (Wildman–Crippen LogP) is 2.71. The van der Waals surface area contributed by atoms with Crippen LogP contribution in [0.1, 0.15) is 38.3 Å². The Morgan fingerprint density at radius 1 is 1.59 bits per heavy atom. The van der Waals surface area contributed by atoms with Crippen molar-refractivity contribution in [3.63, 3.8) is 0 Å². The molecule has 2 atom stereocenters. The number of nitrogens with one attached hydrogen (secondary N) is 1. The molecule has 0 spiro atoms. The van der Waals surface area contributed by atoms with E-state index >= 15 is 0 Å². The number of anilines is 1. The monoisotopic (exact) mass is 233 g/mol. The van der Waals surface area contributed by atoms with Crippen molar-refractivity contribution >= 4 is 5.69 Å². The molecule has 1 heterocycles. The summed E-state index contributed by atoms with van der Waals surface area (Å²) in [6.07, 6.45) is 6.81. The van der Waals surface area contributed by atoms with Crippen molar-refractivity contribution in [1.82, 2.24) is 4.98 Å². The van der Waals surface area contributed by atoms with E-state index in [0.29, 0.717) is 6.54 Å². The Bertz CT molecular complexity index is 377. The Hall–Kier alpha value is -1.09. The van der Waals surface area contributed by atoms with E-state index < -0.39 is 0 Å². The summed E-state index contributed by atoms with van der Waals surface area (Å²) in [4.78, 5) is 4.23. The molecule has 1 aromatic rings. The number of hydrogen-bond donors (Lipinski definition) is 2. The summed E-state index contributed by atoms with van der Waals surface area (Å²) in [5.41, 5.74) is 8.29. The summed E-state index contributed by atoms with van der Waals surface area (Å²) in [7, 11) is 0. The third-order valence-corrected chi connectivity index (χ3v) is 3.79. The van der Waals surface area contributed by atoms with Gasteiger partial charge in [-0.15, -0.1) is 0 Å². The summed E-state index contributed by atoms with van der Waals surface area (Å²) in [5, 5.41) is 3.65. The fourth-order valence-corrected chi connectivity index (χ4v) is 2.94. The van der Waals surface area contributed by atoms with Crippen molar-refractivity contribution in [1.29, 1.82) is 0 Å². The maximum atomic E-state index is 6.01. The van der Waals surface area contributed by atoms with Crippen LogP contribution in [0.15, 0.2) is 18.3 Å². The molecule has 1 saturated carbocycles. The number of nitrogens with zero attached hydrogens (tertiary/aromatic N) is 1. The van der Waals surface area contributed by atoms with Crippen LogP contribution in [0, 0.1) is 12.8 Å². The lowest BCUT2D eigenvalue weighted by Gasteiger charge is -2.40. The van der Waals surface area contributed by atoms with E-state index in [-0.39, 0.29) is 5.54 Å². The van der Waals surface area contributed by atoms with Gasteiger partial charge in [-0.25, -0.2) is 0 Å². The Balaban J connectivity index is 2.13. The van der Waals surface area contributed by atoms with Gasteiger partial charge in [0.1, 0.15) is 0 Å². The van der Waals surface area contributed by atoms with Gasteiger partial charge in [0.05, 0.1) is 0 Å². The summed E-state index contributed by atoms with van der Waals surface area (Å²) in [6, 6.07) is 4.13. The average molecular weight is 233 g/mol. The molecule has 0 aliphatic heterocycles. The maximum absolute atomic E-state index is 6.01. The normalized spacial score (nSPS) is 29.0. The molecule has 0 bridgehead atoms. The van der Waals surface area contributed by atoms with Crippen LogP contribution in [0.3, 0.4) is 0 Å². The Labute approximate surface area is 104 Å². The van der Waals surface area contributed by atoms with Gasteiger partial charge < -0.3 is 11.1 Å². The highest BCUT2D eigenvalue weighted by atomic mass is 15.0. The number of aryl methyl sites for hydroxylation is 1. The minimum atomic E-state index is 0.0887. The van der Waals surface area contributed by atoms with Crippen molar-refractivity contribution < 1.29 is 0 Å². The first-order valence-corrected chi connectivity index (χ1v) is 6.54. The second kappa shape index (κ2) is 5.05. The minimum Gasteiger partial charge on any atom is -0.378 e. The fraction of sp³-hybridized carbons (Fsp3) is 0.643. The molecule has 1 aromatic heterocycles. The Morgan fingerprint density at radius 3 is 3.06 bits per heavy atom. The lowest BCUT2D eigenvalue weighted by atomic mass is 9.76. The molecular formula is C14H23N3. The van der Waals surface area contributed by atoms with E-state index in [1.165, 1.54) is 25.7 Å². The van der Waals surface area contributed by atoms with Gasteiger partial charge in [-0.3, -0.25) is 4.98 Å². The third kappa shape index (κ3) is 2.97. The molecule has 3 heteroatoms. The topological polar surface area (TPSA) is 50.9 Å². The van der Waals surface area contributed by atoms with Gasteiger partial charge in [-0.2, -0.15) is 0 Å². The lowest BCUT2D eigenvalue weighted by molar-refractivity contribution is 0.264. The molecule has 1 aliphatic rings. The van der Waals surface area contributed by atoms with E-state index in [9.17, 15) is 0 Å². The van der Waals surface area contributed by atoms with E-state index in [2.05, 4.69) is 23.3 Å². The highest BCUT2D eigenvalue weighted by molar-refractivity contribution is 5.46. The van der Waals surface area contributed by atoms with Gasteiger partial charge in [-0.1, -0.05) is 19.8 Å². The summed E-state index contributed by atoms with van der Waals surface area (Å²) in [5.74, 6) is 0.766. The fourth-order valence-electron chi connectivity index (χ4n) is 2.94. The quantitative estimate of drug-likeness (QED) is 0.844. The summed E-state index contributed by atoms with van der Waals surface area (Å²) < 4.78 is 0. The van der Waals surface area contributed by atoms with E-state index in [1.54, 1.807) is 0 Å². The van der Waals surface area contributed by atoms with E-state index in [1.807, 2.05) is 19.2 Å². The van der Waals surface area contributed by atoms with Gasteiger partial charge in [-0.05, 0) is 37.8 Å². The third-order valence-electron chi connectivity index (χ3n) is 3.79. The molecule has 94 valence electrons. The van der Waals surface area contributed by atoms with Crippen LogP contribution in [-0.4, -0.2) is 17.1 Å². The van der Waals surface area contributed by atoms with Gasteiger partial charge in [0.15, 0.2) is 0 Å². The first-order valence-electron chi connectivity index (χ1n) is 6.54. The summed E-state index contributed by atoms with van der Waals surface area (Å²) >= 11 is 0. The molecule has 0 saturated heterocycles. The van der Waals surface area contributed by atoms with Crippen LogP contribution in [0.5, 0.6) is 0 Å². The van der Waals surface area contributed by atoms with Gasteiger partial charge >= 0.3 is 0 Å². The maximum Gasteiger partial charge on any atom is 0.0498 e. The van der Waals surface area contributed by atoms with Crippen molar-refractivity contribution in [2.45, 2.75) is 45.1 Å². The van der Waals surface area contributed by atoms with E-state index in [0.717, 1.165) is 17.3 Å². The number of hydrogen-bond acceptors (Lipinski definition) is 3. The first kappa shape index (κ1) is 12.4. The zero-order chi connectivity index (χ0) is 12.3. The van der Waals surface area contributed by atoms with Crippen LogP contribution < -0.4 is 11.1 Å². The summed E-state index contributed by atoms with van der Waals surface area (Å²) in [6.45, 7) is 5.05. The van der Waals surface area contributed by atoms with Crippen molar-refractivity contribution in [2.24, 2.45) is 11.7 Å². The first-order chi connectivity index (χ1) is 8.13. The standard InChI is InChI=1S/C14H23N3/c1-11-4-3-6-14(9-11,10-15)17-13-5-7-16-12(2)8-13/h5,7-8,11H,3-4,6,9-10,15H2,1-2H3,(H,16,17). The smallest absolute Gasteiger partial charge is 0.0498 e. The number of nitrogens with two attached hydrogens (primary N) is 1. The molecule has 17 heavy (non-hydrogen) atoms. The minimum absolute atomic E-state index is 0.0887.